The Morgan fingerprint density at radius 2 is 1.83 bits per heavy atom. The fraction of sp³-hybridized carbons (Fsp3) is 0.400. The average molecular weight is 455 g/mol. The van der Waals surface area contributed by atoms with Gasteiger partial charge in [0.15, 0.2) is 0 Å². The Morgan fingerprint density at radius 1 is 1.10 bits per heavy atom. The third kappa shape index (κ3) is 4.65. The van der Waals surface area contributed by atoms with E-state index >= 15 is 0 Å². The van der Waals surface area contributed by atoms with Crippen LogP contribution in [0.25, 0.3) is 0 Å². The van der Waals surface area contributed by atoms with Gasteiger partial charge in [-0.15, -0.1) is 0 Å². The molecule has 8 nitrogen and oxygen atoms in total. The summed E-state index contributed by atoms with van der Waals surface area (Å²) in [7, 11) is -6.12. The number of nitrogens with one attached hydrogen (secondary N) is 1. The highest BCUT2D eigenvalue weighted by atomic mass is 32.2. The van der Waals surface area contributed by atoms with Gasteiger partial charge in [0.25, 0.3) is 10.0 Å². The summed E-state index contributed by atoms with van der Waals surface area (Å²) in [4.78, 5) is -0.133. The minimum atomic E-state index is -4.09. The summed E-state index contributed by atoms with van der Waals surface area (Å²) in [5.74, 6) is 0.563. The standard InChI is InChI=1S/C20H26N2O6S2/c1-4-28-19-10-8-16(22-11-5-6-12-29(22,23)24)14-20(19)30(25,26)21-17-13-15(2)7-9-18(17)27-3/h7-10,13-14,21H,4-6,11-12H2,1-3H3. The van der Waals surface area contributed by atoms with E-state index in [1.54, 1.807) is 25.1 Å². The highest BCUT2D eigenvalue weighted by Crippen LogP contribution is 2.34. The molecule has 0 saturated carbocycles. The second-order valence-electron chi connectivity index (χ2n) is 6.97. The van der Waals surface area contributed by atoms with Crippen LogP contribution in [-0.4, -0.2) is 42.8 Å². The topological polar surface area (TPSA) is 102 Å². The van der Waals surface area contributed by atoms with Gasteiger partial charge in [-0.1, -0.05) is 6.07 Å². The number of ether oxygens (including phenoxy) is 2. The lowest BCUT2D eigenvalue weighted by atomic mass is 10.2. The smallest absolute Gasteiger partial charge is 0.265 e. The first-order chi connectivity index (χ1) is 14.2. The third-order valence-electron chi connectivity index (χ3n) is 4.75. The van der Waals surface area contributed by atoms with Crippen LogP contribution in [0.1, 0.15) is 25.3 Å². The van der Waals surface area contributed by atoms with Crippen molar-refractivity contribution in [2.45, 2.75) is 31.6 Å². The molecule has 1 N–H and O–H groups in total. The second kappa shape index (κ2) is 8.73. The third-order valence-corrected chi connectivity index (χ3v) is 8.01. The summed E-state index contributed by atoms with van der Waals surface area (Å²) >= 11 is 0. The molecule has 30 heavy (non-hydrogen) atoms. The van der Waals surface area contributed by atoms with Crippen LogP contribution < -0.4 is 18.5 Å². The first-order valence-electron chi connectivity index (χ1n) is 9.62. The van der Waals surface area contributed by atoms with Crippen molar-refractivity contribution in [3.05, 3.63) is 42.0 Å². The number of nitrogens with zero attached hydrogens (tertiary/aromatic N) is 1. The zero-order valence-corrected chi connectivity index (χ0v) is 18.8. The summed E-state index contributed by atoms with van der Waals surface area (Å²) in [6.45, 7) is 4.16. The zero-order valence-electron chi connectivity index (χ0n) is 17.2. The fourth-order valence-corrected chi connectivity index (χ4v) is 6.17. The van der Waals surface area contributed by atoms with Gasteiger partial charge in [-0.25, -0.2) is 16.8 Å². The molecular formula is C20H26N2O6S2. The van der Waals surface area contributed by atoms with Crippen molar-refractivity contribution in [1.82, 2.24) is 0 Å². The lowest BCUT2D eigenvalue weighted by Gasteiger charge is -2.29. The number of methoxy groups -OCH3 is 1. The number of benzene rings is 2. The van der Waals surface area contributed by atoms with Crippen LogP contribution in [0.5, 0.6) is 11.5 Å². The number of hydrogen-bond acceptors (Lipinski definition) is 6. The summed E-state index contributed by atoms with van der Waals surface area (Å²) in [6.07, 6.45) is 1.31. The van der Waals surface area contributed by atoms with Crippen molar-refractivity contribution in [1.29, 1.82) is 0 Å². The molecule has 1 fully saturated rings. The maximum absolute atomic E-state index is 13.3. The lowest BCUT2D eigenvalue weighted by molar-refractivity contribution is 0.331. The normalized spacial score (nSPS) is 16.2. The zero-order chi connectivity index (χ0) is 21.9. The van der Waals surface area contributed by atoms with Gasteiger partial charge in [0, 0.05) is 6.54 Å². The molecular weight excluding hydrogens is 428 g/mol. The van der Waals surface area contributed by atoms with Gasteiger partial charge in [0.05, 0.1) is 30.8 Å². The fourth-order valence-electron chi connectivity index (χ4n) is 3.32. The molecule has 3 rings (SSSR count). The van der Waals surface area contributed by atoms with Crippen molar-refractivity contribution in [3.8, 4) is 11.5 Å². The molecule has 0 aliphatic carbocycles. The van der Waals surface area contributed by atoms with Crippen LogP contribution in [0, 0.1) is 6.92 Å². The predicted octanol–water partition coefficient (Wildman–Crippen LogP) is 3.13. The minimum Gasteiger partial charge on any atom is -0.495 e. The second-order valence-corrected chi connectivity index (χ2v) is 10.6. The van der Waals surface area contributed by atoms with E-state index in [-0.39, 0.29) is 28.7 Å². The summed E-state index contributed by atoms with van der Waals surface area (Å²) in [6, 6.07) is 9.55. The predicted molar refractivity (Wildman–Crippen MR) is 117 cm³/mol. The first-order valence-corrected chi connectivity index (χ1v) is 12.7. The van der Waals surface area contributed by atoms with Crippen molar-refractivity contribution >= 4 is 31.4 Å². The van der Waals surface area contributed by atoms with Crippen LogP contribution in [0.15, 0.2) is 41.3 Å². The molecule has 10 heteroatoms. The maximum atomic E-state index is 13.3. The number of aryl methyl sites for hydroxylation is 1. The summed E-state index contributed by atoms with van der Waals surface area (Å²) < 4.78 is 66.1. The maximum Gasteiger partial charge on any atom is 0.265 e. The first kappa shape index (κ1) is 22.2. The molecule has 0 bridgehead atoms. The highest BCUT2D eigenvalue weighted by Gasteiger charge is 2.29. The number of sulfonamides is 2. The van der Waals surface area contributed by atoms with Crippen LogP contribution in [0.2, 0.25) is 0 Å². The quantitative estimate of drug-likeness (QED) is 0.690. The van der Waals surface area contributed by atoms with Gasteiger partial charge < -0.3 is 9.47 Å². The van der Waals surface area contributed by atoms with E-state index in [4.69, 9.17) is 9.47 Å². The Bertz CT molecular complexity index is 1130. The van der Waals surface area contributed by atoms with E-state index in [2.05, 4.69) is 4.72 Å². The molecule has 0 radical (unpaired) electrons. The monoisotopic (exact) mass is 454 g/mol. The molecule has 1 aliphatic rings. The minimum absolute atomic E-state index is 0.0427. The molecule has 0 amide bonds. The van der Waals surface area contributed by atoms with Crippen LogP contribution in [0.4, 0.5) is 11.4 Å². The summed E-state index contributed by atoms with van der Waals surface area (Å²) in [5.41, 5.74) is 1.44. The Balaban J connectivity index is 2.07. The molecule has 0 spiro atoms. The molecule has 1 aliphatic heterocycles. The van der Waals surface area contributed by atoms with E-state index in [1.807, 2.05) is 13.0 Å². The Labute approximate surface area is 177 Å². The van der Waals surface area contributed by atoms with Gasteiger partial charge in [-0.3, -0.25) is 9.03 Å². The van der Waals surface area contributed by atoms with E-state index in [0.29, 0.717) is 30.8 Å². The van der Waals surface area contributed by atoms with Gasteiger partial charge >= 0.3 is 0 Å². The van der Waals surface area contributed by atoms with Gasteiger partial charge in [-0.05, 0) is 62.6 Å². The van der Waals surface area contributed by atoms with Gasteiger partial charge in [0.2, 0.25) is 10.0 Å². The molecule has 2 aromatic carbocycles. The van der Waals surface area contributed by atoms with Crippen molar-refractivity contribution in [2.75, 3.05) is 35.0 Å². The number of hydrogen-bond donors (Lipinski definition) is 1. The molecule has 0 aromatic heterocycles. The number of rotatable bonds is 7. The van der Waals surface area contributed by atoms with Crippen molar-refractivity contribution in [2.24, 2.45) is 0 Å². The highest BCUT2D eigenvalue weighted by molar-refractivity contribution is 7.93. The van der Waals surface area contributed by atoms with E-state index < -0.39 is 20.0 Å². The molecule has 0 atom stereocenters. The molecule has 164 valence electrons. The largest absolute Gasteiger partial charge is 0.495 e. The van der Waals surface area contributed by atoms with Crippen LogP contribution >= 0.6 is 0 Å². The van der Waals surface area contributed by atoms with Crippen molar-refractivity contribution in [3.63, 3.8) is 0 Å². The van der Waals surface area contributed by atoms with E-state index in [9.17, 15) is 16.8 Å². The van der Waals surface area contributed by atoms with E-state index in [0.717, 1.165) is 5.56 Å². The van der Waals surface area contributed by atoms with Crippen molar-refractivity contribution < 1.29 is 26.3 Å². The molecule has 1 heterocycles. The molecule has 2 aromatic rings. The van der Waals surface area contributed by atoms with Crippen LogP contribution in [-0.2, 0) is 20.0 Å². The van der Waals surface area contributed by atoms with Gasteiger partial charge in [-0.2, -0.15) is 0 Å². The van der Waals surface area contributed by atoms with Crippen LogP contribution in [0.3, 0.4) is 0 Å². The van der Waals surface area contributed by atoms with E-state index in [1.165, 1.54) is 23.5 Å². The average Bonchev–Trinajstić information content (AvgIpc) is 2.68. The Morgan fingerprint density at radius 3 is 2.50 bits per heavy atom. The number of anilines is 2. The Hall–Kier alpha value is -2.46. The summed E-state index contributed by atoms with van der Waals surface area (Å²) in [5, 5.41) is 0. The molecule has 1 saturated heterocycles. The Kier molecular flexibility index (Phi) is 6.47. The van der Waals surface area contributed by atoms with Gasteiger partial charge in [0.1, 0.15) is 16.4 Å². The SMILES string of the molecule is CCOc1ccc(N2CCCCS2(=O)=O)cc1S(=O)(=O)Nc1cc(C)ccc1OC. The molecule has 0 unspecified atom stereocenters. The lowest BCUT2D eigenvalue weighted by Crippen LogP contribution is -2.38.